The maximum Gasteiger partial charge on any atom is 0.251 e. The minimum atomic E-state index is -0.143. The second kappa shape index (κ2) is 9.62. The molecular weight excluding hydrogens is 312 g/mol. The van der Waals surface area contributed by atoms with Crippen LogP contribution in [0.5, 0.6) is 0 Å². The van der Waals surface area contributed by atoms with Crippen LogP contribution in [0.4, 0.5) is 0 Å². The summed E-state index contributed by atoms with van der Waals surface area (Å²) in [5.41, 5.74) is 3.38. The first-order valence-corrected chi connectivity index (χ1v) is 8.82. The van der Waals surface area contributed by atoms with Crippen molar-refractivity contribution in [3.8, 4) is 0 Å². The zero-order valence-corrected chi connectivity index (χ0v) is 15.0. The van der Waals surface area contributed by atoms with Crippen molar-refractivity contribution in [3.05, 3.63) is 70.8 Å². The van der Waals surface area contributed by atoms with Gasteiger partial charge in [-0.2, -0.15) is 0 Å². The number of benzene rings is 2. The van der Waals surface area contributed by atoms with Crippen LogP contribution in [0.15, 0.2) is 48.5 Å². The van der Waals surface area contributed by atoms with Gasteiger partial charge in [0.1, 0.15) is 0 Å². The predicted octanol–water partition coefficient (Wildman–Crippen LogP) is 3.85. The highest BCUT2D eigenvalue weighted by atomic mass is 16.2. The van der Waals surface area contributed by atoms with Crippen molar-refractivity contribution in [3.63, 3.8) is 0 Å². The van der Waals surface area contributed by atoms with E-state index in [0.29, 0.717) is 24.2 Å². The molecule has 0 heterocycles. The molecule has 2 aromatic carbocycles. The van der Waals surface area contributed by atoms with Gasteiger partial charge in [0.2, 0.25) is 0 Å². The van der Waals surface area contributed by atoms with Gasteiger partial charge in [-0.15, -0.1) is 0 Å². The highest BCUT2D eigenvalue weighted by molar-refractivity contribution is 5.97. The maximum absolute atomic E-state index is 12.2. The highest BCUT2D eigenvalue weighted by Crippen LogP contribution is 2.07. The second-order valence-electron chi connectivity index (χ2n) is 6.21. The summed E-state index contributed by atoms with van der Waals surface area (Å²) >= 11 is 0. The van der Waals surface area contributed by atoms with E-state index in [1.54, 1.807) is 24.3 Å². The molecule has 4 heteroatoms. The van der Waals surface area contributed by atoms with Crippen molar-refractivity contribution in [1.82, 2.24) is 10.6 Å². The van der Waals surface area contributed by atoms with Crippen molar-refractivity contribution in [1.29, 1.82) is 0 Å². The van der Waals surface area contributed by atoms with Crippen LogP contribution in [0.3, 0.4) is 0 Å². The van der Waals surface area contributed by atoms with Gasteiger partial charge < -0.3 is 10.6 Å². The number of carbonyl (C=O) groups is 2. The maximum atomic E-state index is 12.2. The molecule has 0 aliphatic rings. The third kappa shape index (κ3) is 6.07. The number of hydrogen-bond acceptors (Lipinski definition) is 2. The minimum Gasteiger partial charge on any atom is -0.352 e. The SMILES string of the molecule is CCCCCNC(=O)c1ccc(C(=O)NCc2ccc(C)cc2)cc1. The number of amides is 2. The summed E-state index contributed by atoms with van der Waals surface area (Å²) in [5, 5.41) is 5.79. The zero-order valence-electron chi connectivity index (χ0n) is 15.0. The lowest BCUT2D eigenvalue weighted by atomic mass is 10.1. The molecule has 0 atom stereocenters. The lowest BCUT2D eigenvalue weighted by Gasteiger charge is -2.07. The van der Waals surface area contributed by atoms with Crippen LogP contribution in [-0.4, -0.2) is 18.4 Å². The average Bonchev–Trinajstić information content (AvgIpc) is 2.64. The normalized spacial score (nSPS) is 10.3. The first-order valence-electron chi connectivity index (χ1n) is 8.82. The fourth-order valence-electron chi connectivity index (χ4n) is 2.44. The van der Waals surface area contributed by atoms with Crippen molar-refractivity contribution < 1.29 is 9.59 Å². The molecule has 2 amide bonds. The van der Waals surface area contributed by atoms with Gasteiger partial charge in [0.15, 0.2) is 0 Å². The molecule has 0 aliphatic carbocycles. The molecule has 0 radical (unpaired) electrons. The van der Waals surface area contributed by atoms with Crippen LogP contribution in [0.25, 0.3) is 0 Å². The van der Waals surface area contributed by atoms with Gasteiger partial charge in [-0.3, -0.25) is 9.59 Å². The first-order chi connectivity index (χ1) is 12.1. The van der Waals surface area contributed by atoms with E-state index in [-0.39, 0.29) is 11.8 Å². The van der Waals surface area contributed by atoms with Crippen molar-refractivity contribution in [2.75, 3.05) is 6.54 Å². The van der Waals surface area contributed by atoms with Crippen LogP contribution >= 0.6 is 0 Å². The van der Waals surface area contributed by atoms with Gasteiger partial charge in [0.25, 0.3) is 11.8 Å². The Morgan fingerprint density at radius 1 is 0.800 bits per heavy atom. The minimum absolute atomic E-state index is 0.0947. The molecule has 2 rings (SSSR count). The van der Waals surface area contributed by atoms with Crippen LogP contribution in [0, 0.1) is 6.92 Å². The Labute approximate surface area is 149 Å². The predicted molar refractivity (Wildman–Crippen MR) is 101 cm³/mol. The summed E-state index contributed by atoms with van der Waals surface area (Å²) in [5.74, 6) is -0.238. The Morgan fingerprint density at radius 2 is 1.36 bits per heavy atom. The van der Waals surface area contributed by atoms with Crippen LogP contribution in [-0.2, 0) is 6.54 Å². The quantitative estimate of drug-likeness (QED) is 0.718. The number of unbranched alkanes of at least 4 members (excludes halogenated alkanes) is 2. The van der Waals surface area contributed by atoms with Gasteiger partial charge in [0.05, 0.1) is 0 Å². The number of carbonyl (C=O) groups excluding carboxylic acids is 2. The van der Waals surface area contributed by atoms with Gasteiger partial charge in [-0.05, 0) is 43.2 Å². The lowest BCUT2D eigenvalue weighted by molar-refractivity contribution is 0.0940. The topological polar surface area (TPSA) is 58.2 Å². The molecule has 25 heavy (non-hydrogen) atoms. The Hall–Kier alpha value is -2.62. The molecule has 0 spiro atoms. The zero-order chi connectivity index (χ0) is 18.1. The number of aryl methyl sites for hydroxylation is 1. The lowest BCUT2D eigenvalue weighted by Crippen LogP contribution is -2.25. The summed E-state index contributed by atoms with van der Waals surface area (Å²) in [6, 6.07) is 14.8. The number of nitrogens with one attached hydrogen (secondary N) is 2. The standard InChI is InChI=1S/C21H26N2O2/c1-3-4-5-14-22-20(24)18-10-12-19(13-11-18)21(25)23-15-17-8-6-16(2)7-9-17/h6-13H,3-5,14-15H2,1-2H3,(H,22,24)(H,23,25). The molecule has 2 aromatic rings. The molecule has 0 bridgehead atoms. The fraction of sp³-hybridized carbons (Fsp3) is 0.333. The molecule has 0 saturated heterocycles. The summed E-state index contributed by atoms with van der Waals surface area (Å²) < 4.78 is 0. The molecule has 0 aromatic heterocycles. The molecule has 0 saturated carbocycles. The van der Waals surface area contributed by atoms with Crippen molar-refractivity contribution in [2.45, 2.75) is 39.7 Å². The molecule has 0 aliphatic heterocycles. The summed E-state index contributed by atoms with van der Waals surface area (Å²) in [4.78, 5) is 24.2. The van der Waals surface area contributed by atoms with Gasteiger partial charge >= 0.3 is 0 Å². The number of rotatable bonds is 8. The molecule has 0 fully saturated rings. The van der Waals surface area contributed by atoms with E-state index in [4.69, 9.17) is 0 Å². The molecule has 2 N–H and O–H groups in total. The van der Waals surface area contributed by atoms with Gasteiger partial charge in [-0.25, -0.2) is 0 Å². The van der Waals surface area contributed by atoms with E-state index in [2.05, 4.69) is 17.6 Å². The van der Waals surface area contributed by atoms with E-state index in [9.17, 15) is 9.59 Å². The Morgan fingerprint density at radius 3 is 1.92 bits per heavy atom. The van der Waals surface area contributed by atoms with E-state index >= 15 is 0 Å². The third-order valence-corrected chi connectivity index (χ3v) is 4.05. The molecular formula is C21H26N2O2. The summed E-state index contributed by atoms with van der Waals surface area (Å²) in [6.07, 6.45) is 3.23. The summed E-state index contributed by atoms with van der Waals surface area (Å²) in [6.45, 7) is 5.33. The molecule has 0 unspecified atom stereocenters. The number of hydrogen-bond donors (Lipinski definition) is 2. The van der Waals surface area contributed by atoms with Crippen LogP contribution < -0.4 is 10.6 Å². The van der Waals surface area contributed by atoms with Crippen molar-refractivity contribution >= 4 is 11.8 Å². The van der Waals surface area contributed by atoms with E-state index < -0.39 is 0 Å². The molecule has 4 nitrogen and oxygen atoms in total. The smallest absolute Gasteiger partial charge is 0.251 e. The Bertz CT molecular complexity index is 691. The Kier molecular flexibility index (Phi) is 7.20. The third-order valence-electron chi connectivity index (χ3n) is 4.05. The fourth-order valence-corrected chi connectivity index (χ4v) is 2.44. The van der Waals surface area contributed by atoms with Gasteiger partial charge in [0, 0.05) is 24.2 Å². The monoisotopic (exact) mass is 338 g/mol. The van der Waals surface area contributed by atoms with E-state index in [1.165, 1.54) is 5.56 Å². The summed E-state index contributed by atoms with van der Waals surface area (Å²) in [7, 11) is 0. The highest BCUT2D eigenvalue weighted by Gasteiger charge is 2.08. The largest absolute Gasteiger partial charge is 0.352 e. The van der Waals surface area contributed by atoms with Crippen molar-refractivity contribution in [2.24, 2.45) is 0 Å². The van der Waals surface area contributed by atoms with Crippen LogP contribution in [0.2, 0.25) is 0 Å². The van der Waals surface area contributed by atoms with Crippen LogP contribution in [0.1, 0.15) is 58.0 Å². The molecule has 132 valence electrons. The second-order valence-corrected chi connectivity index (χ2v) is 6.21. The average molecular weight is 338 g/mol. The van der Waals surface area contributed by atoms with Gasteiger partial charge in [-0.1, -0.05) is 49.6 Å². The van der Waals surface area contributed by atoms with E-state index in [0.717, 1.165) is 24.8 Å². The van der Waals surface area contributed by atoms with E-state index in [1.807, 2.05) is 31.2 Å². The first kappa shape index (κ1) is 18.7. The Balaban J connectivity index is 1.84.